The van der Waals surface area contributed by atoms with Gasteiger partial charge in [0.15, 0.2) is 0 Å². The number of rotatable bonds is 5. The highest BCUT2D eigenvalue weighted by Crippen LogP contribution is 2.32. The summed E-state index contributed by atoms with van der Waals surface area (Å²) < 4.78 is 15.4. The summed E-state index contributed by atoms with van der Waals surface area (Å²) >= 11 is 1.44. The third-order valence-electron chi connectivity index (χ3n) is 3.31. The number of nitrogen functional groups attached to an aromatic ring is 1. The van der Waals surface area contributed by atoms with Crippen molar-refractivity contribution in [3.8, 4) is 22.1 Å². The first-order valence-electron chi connectivity index (χ1n) is 6.96. The standard InChI is InChI=1S/C16H15N3O4S/c1-21-10-6-9(7-11(8-10)22-2)18-16(20)13-14(19-23-15(13)17)12-4-3-5-24-12/h3-8H,17H2,1-2H3,(H,18,20). The summed E-state index contributed by atoms with van der Waals surface area (Å²) in [6.07, 6.45) is 0. The zero-order valence-corrected chi connectivity index (χ0v) is 13.8. The Morgan fingerprint density at radius 1 is 1.25 bits per heavy atom. The Morgan fingerprint density at radius 2 is 1.96 bits per heavy atom. The minimum Gasteiger partial charge on any atom is -0.497 e. The van der Waals surface area contributed by atoms with E-state index in [-0.39, 0.29) is 11.4 Å². The van der Waals surface area contributed by atoms with Gasteiger partial charge in [-0.2, -0.15) is 0 Å². The van der Waals surface area contributed by atoms with Gasteiger partial charge in [0.25, 0.3) is 5.91 Å². The van der Waals surface area contributed by atoms with Crippen LogP contribution in [0.1, 0.15) is 10.4 Å². The molecule has 124 valence electrons. The molecule has 0 aliphatic carbocycles. The molecule has 24 heavy (non-hydrogen) atoms. The molecule has 0 saturated heterocycles. The molecule has 3 N–H and O–H groups in total. The Morgan fingerprint density at radius 3 is 2.54 bits per heavy atom. The quantitative estimate of drug-likeness (QED) is 0.736. The molecular formula is C16H15N3O4S. The summed E-state index contributed by atoms with van der Waals surface area (Å²) in [5.74, 6) is 0.654. The molecule has 1 amide bonds. The number of nitrogens with two attached hydrogens (primary N) is 1. The summed E-state index contributed by atoms with van der Waals surface area (Å²) in [7, 11) is 3.07. The molecular weight excluding hydrogens is 330 g/mol. The average Bonchev–Trinajstić information content (AvgIpc) is 3.23. The number of benzene rings is 1. The lowest BCUT2D eigenvalue weighted by Crippen LogP contribution is -2.14. The Balaban J connectivity index is 1.93. The molecule has 2 aromatic heterocycles. The van der Waals surface area contributed by atoms with Gasteiger partial charge in [0.05, 0.1) is 19.1 Å². The molecule has 0 bridgehead atoms. The van der Waals surface area contributed by atoms with Crippen LogP contribution in [0.2, 0.25) is 0 Å². The van der Waals surface area contributed by atoms with Crippen molar-refractivity contribution in [3.05, 3.63) is 41.3 Å². The molecule has 0 radical (unpaired) electrons. The summed E-state index contributed by atoms with van der Waals surface area (Å²) in [6, 6.07) is 8.76. The number of nitrogens with one attached hydrogen (secondary N) is 1. The largest absolute Gasteiger partial charge is 0.497 e. The third-order valence-corrected chi connectivity index (χ3v) is 4.19. The first-order chi connectivity index (χ1) is 11.6. The monoisotopic (exact) mass is 345 g/mol. The van der Waals surface area contributed by atoms with E-state index in [0.717, 1.165) is 4.88 Å². The lowest BCUT2D eigenvalue weighted by Gasteiger charge is -2.09. The number of anilines is 2. The van der Waals surface area contributed by atoms with Crippen LogP contribution in [0.3, 0.4) is 0 Å². The average molecular weight is 345 g/mol. The molecule has 7 nitrogen and oxygen atoms in total. The predicted octanol–water partition coefficient (Wildman–Crippen LogP) is 3.25. The second kappa shape index (κ2) is 6.63. The second-order valence-corrected chi connectivity index (χ2v) is 5.75. The van der Waals surface area contributed by atoms with Crippen LogP contribution in [0.25, 0.3) is 10.6 Å². The number of methoxy groups -OCH3 is 2. The van der Waals surface area contributed by atoms with Crippen molar-refractivity contribution in [3.63, 3.8) is 0 Å². The highest BCUT2D eigenvalue weighted by atomic mass is 32.1. The van der Waals surface area contributed by atoms with E-state index >= 15 is 0 Å². The van der Waals surface area contributed by atoms with Gasteiger partial charge < -0.3 is 25.0 Å². The van der Waals surface area contributed by atoms with E-state index in [2.05, 4.69) is 10.5 Å². The van der Waals surface area contributed by atoms with Crippen LogP contribution >= 0.6 is 11.3 Å². The van der Waals surface area contributed by atoms with Gasteiger partial charge in [0.2, 0.25) is 5.88 Å². The first kappa shape index (κ1) is 15.9. The Kier molecular flexibility index (Phi) is 4.39. The van der Waals surface area contributed by atoms with Gasteiger partial charge in [0.1, 0.15) is 22.8 Å². The summed E-state index contributed by atoms with van der Waals surface area (Å²) in [5, 5.41) is 8.53. The molecule has 0 saturated carbocycles. The molecule has 0 unspecified atom stereocenters. The second-order valence-electron chi connectivity index (χ2n) is 4.80. The van der Waals surface area contributed by atoms with Crippen LogP contribution in [0.15, 0.2) is 40.2 Å². The molecule has 3 rings (SSSR count). The highest BCUT2D eigenvalue weighted by Gasteiger charge is 2.23. The van der Waals surface area contributed by atoms with Gasteiger partial charge in [-0.15, -0.1) is 11.3 Å². The van der Waals surface area contributed by atoms with E-state index in [1.165, 1.54) is 25.6 Å². The molecule has 2 heterocycles. The van der Waals surface area contributed by atoms with Crippen molar-refractivity contribution in [2.45, 2.75) is 0 Å². The van der Waals surface area contributed by atoms with E-state index in [9.17, 15) is 4.79 Å². The van der Waals surface area contributed by atoms with Gasteiger partial charge in [-0.1, -0.05) is 11.2 Å². The third kappa shape index (κ3) is 3.04. The molecule has 0 atom stereocenters. The molecule has 8 heteroatoms. The molecule has 0 aliphatic rings. The number of nitrogens with zero attached hydrogens (tertiary/aromatic N) is 1. The fraction of sp³-hybridized carbons (Fsp3) is 0.125. The number of ether oxygens (including phenoxy) is 2. The highest BCUT2D eigenvalue weighted by molar-refractivity contribution is 7.13. The fourth-order valence-corrected chi connectivity index (χ4v) is 2.89. The number of carbonyl (C=O) groups excluding carboxylic acids is 1. The van der Waals surface area contributed by atoms with Gasteiger partial charge in [-0.25, -0.2) is 0 Å². The van der Waals surface area contributed by atoms with Crippen LogP contribution < -0.4 is 20.5 Å². The zero-order valence-electron chi connectivity index (χ0n) is 13.0. The minimum absolute atomic E-state index is 0.0363. The van der Waals surface area contributed by atoms with Gasteiger partial charge >= 0.3 is 0 Å². The SMILES string of the molecule is COc1cc(NC(=O)c2c(-c3cccs3)noc2N)cc(OC)c1. The number of hydrogen-bond acceptors (Lipinski definition) is 7. The van der Waals surface area contributed by atoms with E-state index in [4.69, 9.17) is 19.7 Å². The first-order valence-corrected chi connectivity index (χ1v) is 7.83. The van der Waals surface area contributed by atoms with Crippen LogP contribution in [-0.2, 0) is 0 Å². The number of thiophene rings is 1. The van der Waals surface area contributed by atoms with E-state index in [1.807, 2.05) is 17.5 Å². The normalized spacial score (nSPS) is 10.4. The van der Waals surface area contributed by atoms with Crippen LogP contribution in [0.4, 0.5) is 11.6 Å². The van der Waals surface area contributed by atoms with Crippen molar-refractivity contribution in [2.75, 3.05) is 25.3 Å². The lowest BCUT2D eigenvalue weighted by atomic mass is 10.2. The lowest BCUT2D eigenvalue weighted by molar-refractivity contribution is 0.102. The Hall–Kier alpha value is -3.00. The maximum absolute atomic E-state index is 12.6. The maximum atomic E-state index is 12.6. The smallest absolute Gasteiger partial charge is 0.263 e. The minimum atomic E-state index is -0.424. The van der Waals surface area contributed by atoms with E-state index < -0.39 is 5.91 Å². The van der Waals surface area contributed by atoms with E-state index in [1.54, 1.807) is 18.2 Å². The Bertz CT molecular complexity index is 836. The fourth-order valence-electron chi connectivity index (χ4n) is 2.18. The number of amides is 1. The predicted molar refractivity (Wildman–Crippen MR) is 91.7 cm³/mol. The van der Waals surface area contributed by atoms with Gasteiger partial charge in [-0.05, 0) is 11.4 Å². The van der Waals surface area contributed by atoms with Crippen LogP contribution in [0, 0.1) is 0 Å². The van der Waals surface area contributed by atoms with Gasteiger partial charge in [-0.3, -0.25) is 4.79 Å². The number of hydrogen-bond donors (Lipinski definition) is 2. The van der Waals surface area contributed by atoms with E-state index in [0.29, 0.717) is 22.9 Å². The number of carbonyl (C=O) groups is 1. The molecule has 1 aromatic carbocycles. The van der Waals surface area contributed by atoms with Crippen LogP contribution in [0.5, 0.6) is 11.5 Å². The molecule has 3 aromatic rings. The molecule has 0 aliphatic heterocycles. The molecule has 0 spiro atoms. The van der Waals surface area contributed by atoms with Crippen molar-refractivity contribution < 1.29 is 18.8 Å². The summed E-state index contributed by atoms with van der Waals surface area (Å²) in [4.78, 5) is 13.4. The topological polar surface area (TPSA) is 99.6 Å². The maximum Gasteiger partial charge on any atom is 0.263 e. The number of aromatic nitrogens is 1. The van der Waals surface area contributed by atoms with Gasteiger partial charge in [0, 0.05) is 23.9 Å². The zero-order chi connectivity index (χ0) is 17.1. The van der Waals surface area contributed by atoms with Crippen molar-refractivity contribution in [2.24, 2.45) is 0 Å². The molecule has 0 fully saturated rings. The summed E-state index contributed by atoms with van der Waals surface area (Å²) in [6.45, 7) is 0. The van der Waals surface area contributed by atoms with Crippen molar-refractivity contribution in [1.82, 2.24) is 5.16 Å². The summed E-state index contributed by atoms with van der Waals surface area (Å²) in [5.41, 5.74) is 6.89. The van der Waals surface area contributed by atoms with Crippen molar-refractivity contribution in [1.29, 1.82) is 0 Å². The Labute approximate surface area is 142 Å². The van der Waals surface area contributed by atoms with Crippen molar-refractivity contribution >= 4 is 28.8 Å². The van der Waals surface area contributed by atoms with Crippen LogP contribution in [-0.4, -0.2) is 25.3 Å².